The van der Waals surface area contributed by atoms with Crippen LogP contribution in [0.3, 0.4) is 0 Å². The largest absolute Gasteiger partial charge is 0.314 e. The van der Waals surface area contributed by atoms with Crippen LogP contribution in [0.5, 0.6) is 0 Å². The first-order valence-corrected chi connectivity index (χ1v) is 7.72. The van der Waals surface area contributed by atoms with Gasteiger partial charge in [0.2, 0.25) is 0 Å². The van der Waals surface area contributed by atoms with Crippen LogP contribution in [0.15, 0.2) is 24.3 Å². The summed E-state index contributed by atoms with van der Waals surface area (Å²) in [5.74, 6) is -0.125. The number of rotatable bonds is 4. The highest BCUT2D eigenvalue weighted by atomic mass is 19.1. The third-order valence-electron chi connectivity index (χ3n) is 4.69. The van der Waals surface area contributed by atoms with Crippen molar-refractivity contribution in [3.05, 3.63) is 35.6 Å². The molecule has 0 radical (unpaired) electrons. The number of nitrogens with one attached hydrogen (secondary N) is 1. The van der Waals surface area contributed by atoms with Crippen molar-refractivity contribution in [1.82, 2.24) is 15.1 Å². The van der Waals surface area contributed by atoms with E-state index in [1.165, 1.54) is 6.07 Å². The maximum Gasteiger partial charge on any atom is 0.123 e. The van der Waals surface area contributed by atoms with E-state index in [0.29, 0.717) is 6.04 Å². The Morgan fingerprint density at radius 1 is 1.25 bits per heavy atom. The van der Waals surface area contributed by atoms with Gasteiger partial charge in [0.25, 0.3) is 0 Å². The summed E-state index contributed by atoms with van der Waals surface area (Å²) >= 11 is 0. The monoisotopic (exact) mass is 277 g/mol. The zero-order valence-corrected chi connectivity index (χ0v) is 12.2. The molecule has 2 heterocycles. The summed E-state index contributed by atoms with van der Waals surface area (Å²) in [5, 5.41) is 3.34. The quantitative estimate of drug-likeness (QED) is 0.906. The minimum atomic E-state index is -0.125. The van der Waals surface area contributed by atoms with Crippen LogP contribution in [0.25, 0.3) is 0 Å². The molecular weight excluding hydrogens is 253 g/mol. The molecule has 0 aliphatic carbocycles. The molecule has 2 aliphatic heterocycles. The van der Waals surface area contributed by atoms with Crippen LogP contribution >= 0.6 is 0 Å². The Kier molecular flexibility index (Phi) is 4.34. The third kappa shape index (κ3) is 2.87. The fraction of sp³-hybridized carbons (Fsp3) is 0.625. The first kappa shape index (κ1) is 14.0. The SMILES string of the molecule is CCC(c1cccc(F)c1)N1CCN(C2CNC2)CC1. The minimum absolute atomic E-state index is 0.125. The molecule has 1 unspecified atom stereocenters. The van der Waals surface area contributed by atoms with Crippen molar-refractivity contribution in [2.75, 3.05) is 39.3 Å². The number of benzene rings is 1. The van der Waals surface area contributed by atoms with E-state index in [1.54, 1.807) is 6.07 Å². The third-order valence-corrected chi connectivity index (χ3v) is 4.69. The van der Waals surface area contributed by atoms with Crippen LogP contribution in [0.4, 0.5) is 4.39 Å². The molecule has 0 aromatic heterocycles. The molecule has 2 aliphatic rings. The lowest BCUT2D eigenvalue weighted by molar-refractivity contribution is 0.0502. The van der Waals surface area contributed by atoms with E-state index >= 15 is 0 Å². The zero-order chi connectivity index (χ0) is 13.9. The van der Waals surface area contributed by atoms with Crippen molar-refractivity contribution in [1.29, 1.82) is 0 Å². The zero-order valence-electron chi connectivity index (χ0n) is 12.2. The van der Waals surface area contributed by atoms with Gasteiger partial charge in [0.05, 0.1) is 0 Å². The lowest BCUT2D eigenvalue weighted by atomic mass is 10.0. The van der Waals surface area contributed by atoms with Crippen molar-refractivity contribution in [3.63, 3.8) is 0 Å². The summed E-state index contributed by atoms with van der Waals surface area (Å²) in [4.78, 5) is 5.10. The Balaban J connectivity index is 1.62. The molecule has 3 nitrogen and oxygen atoms in total. The molecule has 20 heavy (non-hydrogen) atoms. The average molecular weight is 277 g/mol. The Bertz CT molecular complexity index is 439. The molecular formula is C16H24FN3. The molecule has 4 heteroatoms. The standard InChI is InChI=1S/C16H24FN3/c1-2-16(13-4-3-5-14(17)10-13)20-8-6-19(7-9-20)15-11-18-12-15/h3-5,10,15-16,18H,2,6-9,11-12H2,1H3. The lowest BCUT2D eigenvalue weighted by Crippen LogP contribution is -2.61. The Labute approximate surface area is 120 Å². The van der Waals surface area contributed by atoms with Crippen LogP contribution in [-0.2, 0) is 0 Å². The second-order valence-electron chi connectivity index (χ2n) is 5.86. The molecule has 1 atom stereocenters. The predicted octanol–water partition coefficient (Wildman–Crippen LogP) is 1.87. The van der Waals surface area contributed by atoms with Crippen LogP contribution in [0.2, 0.25) is 0 Å². The second kappa shape index (κ2) is 6.20. The summed E-state index contributed by atoms with van der Waals surface area (Å²) in [6, 6.07) is 8.19. The first-order chi connectivity index (χ1) is 9.78. The molecule has 3 rings (SSSR count). The smallest absolute Gasteiger partial charge is 0.123 e. The van der Waals surface area contributed by atoms with Gasteiger partial charge in [-0.1, -0.05) is 19.1 Å². The van der Waals surface area contributed by atoms with E-state index in [-0.39, 0.29) is 5.82 Å². The number of hydrogen-bond acceptors (Lipinski definition) is 3. The van der Waals surface area contributed by atoms with Gasteiger partial charge >= 0.3 is 0 Å². The fourth-order valence-corrected chi connectivity index (χ4v) is 3.36. The van der Waals surface area contributed by atoms with Crippen LogP contribution in [0, 0.1) is 5.82 Å². The minimum Gasteiger partial charge on any atom is -0.314 e. The van der Waals surface area contributed by atoms with E-state index < -0.39 is 0 Å². The van der Waals surface area contributed by atoms with Crippen molar-refractivity contribution in [2.24, 2.45) is 0 Å². The van der Waals surface area contributed by atoms with E-state index in [9.17, 15) is 4.39 Å². The van der Waals surface area contributed by atoms with Crippen molar-refractivity contribution < 1.29 is 4.39 Å². The summed E-state index contributed by atoms with van der Waals surface area (Å²) in [5.41, 5.74) is 1.12. The van der Waals surface area contributed by atoms with Gasteiger partial charge in [-0.3, -0.25) is 9.80 Å². The van der Waals surface area contributed by atoms with E-state index in [0.717, 1.165) is 57.3 Å². The van der Waals surface area contributed by atoms with Gasteiger partial charge in [-0.15, -0.1) is 0 Å². The summed E-state index contributed by atoms with van der Waals surface area (Å²) in [6.07, 6.45) is 1.04. The van der Waals surface area contributed by atoms with Gasteiger partial charge < -0.3 is 5.32 Å². The van der Waals surface area contributed by atoms with Gasteiger partial charge in [0.15, 0.2) is 0 Å². The van der Waals surface area contributed by atoms with Gasteiger partial charge in [0, 0.05) is 51.4 Å². The van der Waals surface area contributed by atoms with Crippen LogP contribution < -0.4 is 5.32 Å². The highest BCUT2D eigenvalue weighted by molar-refractivity contribution is 5.20. The number of hydrogen-bond donors (Lipinski definition) is 1. The van der Waals surface area contributed by atoms with E-state index in [1.807, 2.05) is 6.07 Å². The van der Waals surface area contributed by atoms with Gasteiger partial charge in [-0.25, -0.2) is 4.39 Å². The topological polar surface area (TPSA) is 18.5 Å². The Morgan fingerprint density at radius 3 is 2.55 bits per heavy atom. The van der Waals surface area contributed by atoms with Crippen LogP contribution in [-0.4, -0.2) is 55.1 Å². The van der Waals surface area contributed by atoms with E-state index in [2.05, 4.69) is 28.1 Å². The maximum absolute atomic E-state index is 13.4. The Morgan fingerprint density at radius 2 is 2.00 bits per heavy atom. The number of nitrogens with zero attached hydrogens (tertiary/aromatic N) is 2. The normalized spacial score (nSPS) is 23.5. The van der Waals surface area contributed by atoms with Crippen molar-refractivity contribution in [3.8, 4) is 0 Å². The van der Waals surface area contributed by atoms with Crippen LogP contribution in [0.1, 0.15) is 24.9 Å². The molecule has 0 amide bonds. The summed E-state index contributed by atoms with van der Waals surface area (Å²) in [7, 11) is 0. The molecule has 2 saturated heterocycles. The molecule has 1 aromatic carbocycles. The number of piperazine rings is 1. The van der Waals surface area contributed by atoms with Gasteiger partial charge in [-0.05, 0) is 24.1 Å². The Hall–Kier alpha value is -0.970. The lowest BCUT2D eigenvalue weighted by Gasteiger charge is -2.45. The predicted molar refractivity (Wildman–Crippen MR) is 79.2 cm³/mol. The fourth-order valence-electron chi connectivity index (χ4n) is 3.36. The molecule has 110 valence electrons. The second-order valence-corrected chi connectivity index (χ2v) is 5.86. The van der Waals surface area contributed by atoms with Crippen molar-refractivity contribution in [2.45, 2.75) is 25.4 Å². The summed E-state index contributed by atoms with van der Waals surface area (Å²) < 4.78 is 13.4. The summed E-state index contributed by atoms with van der Waals surface area (Å²) in [6.45, 7) is 8.92. The molecule has 0 bridgehead atoms. The number of halogens is 1. The first-order valence-electron chi connectivity index (χ1n) is 7.72. The molecule has 1 N–H and O–H groups in total. The van der Waals surface area contributed by atoms with E-state index in [4.69, 9.17) is 0 Å². The highest BCUT2D eigenvalue weighted by Crippen LogP contribution is 2.26. The maximum atomic E-state index is 13.4. The molecule has 0 saturated carbocycles. The molecule has 1 aromatic rings. The average Bonchev–Trinajstić information content (AvgIpc) is 2.40. The van der Waals surface area contributed by atoms with Gasteiger partial charge in [-0.2, -0.15) is 0 Å². The highest BCUT2D eigenvalue weighted by Gasteiger charge is 2.30. The molecule has 0 spiro atoms. The van der Waals surface area contributed by atoms with Crippen molar-refractivity contribution >= 4 is 0 Å². The van der Waals surface area contributed by atoms with Gasteiger partial charge in [0.1, 0.15) is 5.82 Å². The molecule has 2 fully saturated rings.